The molecule has 0 N–H and O–H groups in total. The number of carbonyl (C=O) groups excluding carboxylic acids is 2. The van der Waals surface area contributed by atoms with E-state index in [1.807, 2.05) is 18.2 Å². The molecule has 3 aromatic carbocycles. The number of rotatable bonds is 12. The summed E-state index contributed by atoms with van der Waals surface area (Å²) in [7, 11) is 6.17. The van der Waals surface area contributed by atoms with Crippen LogP contribution in [-0.4, -0.2) is 40.4 Å². The molecule has 8 heteroatoms. The van der Waals surface area contributed by atoms with Gasteiger partial charge >= 0.3 is 11.9 Å². The van der Waals surface area contributed by atoms with E-state index in [0.29, 0.717) is 39.9 Å². The fraction of sp³-hybridized carbons (Fsp3) is 0.152. The van der Waals surface area contributed by atoms with Gasteiger partial charge in [-0.2, -0.15) is 0 Å². The fourth-order valence-corrected chi connectivity index (χ4v) is 3.66. The number of hydrogen-bond acceptors (Lipinski definition) is 8. The van der Waals surface area contributed by atoms with E-state index in [9.17, 15) is 9.59 Å². The topological polar surface area (TPSA) is 89.5 Å². The first-order chi connectivity index (χ1) is 19.7. The molecule has 41 heavy (non-hydrogen) atoms. The maximum atomic E-state index is 12.1. The smallest absolute Gasteiger partial charge is 0.338 e. The van der Waals surface area contributed by atoms with Crippen molar-refractivity contribution in [2.24, 2.45) is 0 Å². The molecule has 0 saturated heterocycles. The van der Waals surface area contributed by atoms with E-state index in [2.05, 4.69) is 13.2 Å². The van der Waals surface area contributed by atoms with Crippen LogP contribution in [0.3, 0.4) is 0 Å². The lowest BCUT2D eigenvalue weighted by atomic mass is 10.0. The minimum Gasteiger partial charge on any atom is -0.496 e. The van der Waals surface area contributed by atoms with Gasteiger partial charge in [-0.15, -0.1) is 0 Å². The zero-order valence-electron chi connectivity index (χ0n) is 23.7. The third-order valence-electron chi connectivity index (χ3n) is 5.80. The molecule has 0 aliphatic heterocycles. The van der Waals surface area contributed by atoms with E-state index in [1.54, 1.807) is 82.9 Å². The summed E-state index contributed by atoms with van der Waals surface area (Å²) in [6.45, 7) is 8.67. The Bertz CT molecular complexity index is 1510. The molecule has 0 atom stereocenters. The van der Waals surface area contributed by atoms with Gasteiger partial charge < -0.3 is 28.4 Å². The third kappa shape index (κ3) is 7.89. The standard InChI is InChI=1S/C33H32O8/c1-8-32(34)40-29-20-24(13-9-23-12-16-27(37-5)31(18-23)41-33(35)21(2)3)28(38-6)19-25(29)14-10-22-11-15-26(36-4)30(17-22)39-7/h8-20H,1-2H2,3-7H3/b13-9+,14-10+. The van der Waals surface area contributed by atoms with Crippen molar-refractivity contribution in [3.8, 4) is 34.5 Å². The lowest BCUT2D eigenvalue weighted by Crippen LogP contribution is -2.09. The highest BCUT2D eigenvalue weighted by Gasteiger charge is 2.13. The predicted octanol–water partition coefficient (Wildman–Crippen LogP) is 6.63. The Morgan fingerprint density at radius 3 is 1.61 bits per heavy atom. The molecule has 0 aliphatic rings. The van der Waals surface area contributed by atoms with Crippen LogP contribution in [0.25, 0.3) is 24.3 Å². The minimum atomic E-state index is -0.606. The first-order valence-electron chi connectivity index (χ1n) is 12.4. The van der Waals surface area contributed by atoms with Crippen LogP contribution < -0.4 is 28.4 Å². The van der Waals surface area contributed by atoms with Crippen molar-refractivity contribution in [3.63, 3.8) is 0 Å². The lowest BCUT2D eigenvalue weighted by molar-refractivity contribution is -0.130. The zero-order valence-corrected chi connectivity index (χ0v) is 23.7. The average molecular weight is 557 g/mol. The largest absolute Gasteiger partial charge is 0.496 e. The second kappa shape index (κ2) is 14.2. The first kappa shape index (κ1) is 30.3. The molecule has 0 radical (unpaired) electrons. The average Bonchev–Trinajstić information content (AvgIpc) is 2.98. The van der Waals surface area contributed by atoms with Crippen molar-refractivity contribution in [2.45, 2.75) is 6.92 Å². The first-order valence-corrected chi connectivity index (χ1v) is 12.4. The molecule has 0 aliphatic carbocycles. The Morgan fingerprint density at radius 2 is 1.10 bits per heavy atom. The van der Waals surface area contributed by atoms with Crippen LogP contribution in [0.5, 0.6) is 34.5 Å². The Morgan fingerprint density at radius 1 is 0.610 bits per heavy atom. The molecule has 0 spiro atoms. The molecule has 0 saturated carbocycles. The molecule has 0 heterocycles. The second-order valence-corrected chi connectivity index (χ2v) is 8.62. The molecule has 0 unspecified atom stereocenters. The molecule has 0 amide bonds. The summed E-state index contributed by atoms with van der Waals surface area (Å²) < 4.78 is 32.6. The van der Waals surface area contributed by atoms with Gasteiger partial charge in [0.15, 0.2) is 23.0 Å². The van der Waals surface area contributed by atoms with Crippen LogP contribution in [0.1, 0.15) is 29.2 Å². The number of methoxy groups -OCH3 is 4. The summed E-state index contributed by atoms with van der Waals surface area (Å²) in [5.74, 6) is 1.53. The minimum absolute atomic E-state index is 0.255. The van der Waals surface area contributed by atoms with E-state index in [4.69, 9.17) is 28.4 Å². The van der Waals surface area contributed by atoms with Crippen molar-refractivity contribution in [1.82, 2.24) is 0 Å². The fourth-order valence-electron chi connectivity index (χ4n) is 3.66. The highest BCUT2D eigenvalue weighted by atomic mass is 16.6. The quantitative estimate of drug-likeness (QED) is 0.106. The Labute approximate surface area is 239 Å². The predicted molar refractivity (Wildman–Crippen MR) is 160 cm³/mol. The Hall–Kier alpha value is -5.24. The zero-order chi connectivity index (χ0) is 29.9. The molecule has 3 rings (SSSR count). The molecule has 212 valence electrons. The molecule has 0 bridgehead atoms. The number of hydrogen-bond donors (Lipinski definition) is 0. The van der Waals surface area contributed by atoms with E-state index in [-0.39, 0.29) is 11.3 Å². The van der Waals surface area contributed by atoms with Gasteiger partial charge in [-0.3, -0.25) is 0 Å². The molecule has 3 aromatic rings. The third-order valence-corrected chi connectivity index (χ3v) is 5.80. The number of carbonyl (C=O) groups is 2. The molecule has 0 aromatic heterocycles. The van der Waals surface area contributed by atoms with E-state index >= 15 is 0 Å². The maximum absolute atomic E-state index is 12.1. The van der Waals surface area contributed by atoms with Gasteiger partial charge in [-0.1, -0.05) is 49.6 Å². The van der Waals surface area contributed by atoms with E-state index in [0.717, 1.165) is 17.2 Å². The van der Waals surface area contributed by atoms with Gasteiger partial charge in [0.25, 0.3) is 0 Å². The normalized spacial score (nSPS) is 10.8. The molecule has 0 fully saturated rings. The van der Waals surface area contributed by atoms with Crippen molar-refractivity contribution in [2.75, 3.05) is 28.4 Å². The van der Waals surface area contributed by atoms with Crippen molar-refractivity contribution < 1.29 is 38.0 Å². The SMILES string of the molecule is C=CC(=O)Oc1cc(/C=C/c2ccc(OC)c(OC(=O)C(=C)C)c2)c(OC)cc1/C=C/c1ccc(OC)c(OC)c1. The van der Waals surface area contributed by atoms with Crippen LogP contribution in [0, 0.1) is 0 Å². The van der Waals surface area contributed by atoms with Gasteiger partial charge in [0.05, 0.1) is 28.4 Å². The van der Waals surface area contributed by atoms with Gasteiger partial charge in [-0.05, 0) is 54.4 Å². The van der Waals surface area contributed by atoms with Gasteiger partial charge in [-0.25, -0.2) is 9.59 Å². The number of ether oxygens (including phenoxy) is 6. The van der Waals surface area contributed by atoms with Crippen LogP contribution in [0.4, 0.5) is 0 Å². The summed E-state index contributed by atoms with van der Waals surface area (Å²) in [4.78, 5) is 24.2. The van der Waals surface area contributed by atoms with Crippen LogP contribution >= 0.6 is 0 Å². The van der Waals surface area contributed by atoms with Gasteiger partial charge in [0.2, 0.25) is 0 Å². The summed E-state index contributed by atoms with van der Waals surface area (Å²) in [5.41, 5.74) is 3.06. The molecular formula is C33H32O8. The van der Waals surface area contributed by atoms with E-state index < -0.39 is 11.9 Å². The molecule has 8 nitrogen and oxygen atoms in total. The van der Waals surface area contributed by atoms with Crippen molar-refractivity contribution >= 4 is 36.2 Å². The summed E-state index contributed by atoms with van der Waals surface area (Å²) in [6, 6.07) is 14.1. The summed E-state index contributed by atoms with van der Waals surface area (Å²) in [5, 5.41) is 0. The Kier molecular flexibility index (Phi) is 10.5. The highest BCUT2D eigenvalue weighted by Crippen LogP contribution is 2.34. The van der Waals surface area contributed by atoms with Gasteiger partial charge in [0, 0.05) is 22.8 Å². The van der Waals surface area contributed by atoms with E-state index in [1.165, 1.54) is 7.11 Å². The van der Waals surface area contributed by atoms with Crippen molar-refractivity contribution in [1.29, 1.82) is 0 Å². The molecular weight excluding hydrogens is 524 g/mol. The van der Waals surface area contributed by atoms with Crippen LogP contribution in [0.15, 0.2) is 73.3 Å². The second-order valence-electron chi connectivity index (χ2n) is 8.62. The number of benzene rings is 3. The lowest BCUT2D eigenvalue weighted by Gasteiger charge is -2.12. The van der Waals surface area contributed by atoms with Crippen LogP contribution in [-0.2, 0) is 9.59 Å². The summed E-state index contributed by atoms with van der Waals surface area (Å²) >= 11 is 0. The van der Waals surface area contributed by atoms with Gasteiger partial charge in [0.1, 0.15) is 11.5 Å². The number of esters is 2. The van der Waals surface area contributed by atoms with Crippen molar-refractivity contribution in [3.05, 3.63) is 95.6 Å². The van der Waals surface area contributed by atoms with Crippen LogP contribution in [0.2, 0.25) is 0 Å². The monoisotopic (exact) mass is 556 g/mol. The maximum Gasteiger partial charge on any atom is 0.338 e. The highest BCUT2D eigenvalue weighted by molar-refractivity contribution is 5.89. The Balaban J connectivity index is 2.01. The summed E-state index contributed by atoms with van der Waals surface area (Å²) in [6.07, 6.45) is 8.33.